The van der Waals surface area contributed by atoms with Gasteiger partial charge in [0.1, 0.15) is 12.1 Å². The van der Waals surface area contributed by atoms with Crippen LogP contribution < -0.4 is 5.32 Å². The molecule has 2 aromatic rings. The van der Waals surface area contributed by atoms with Crippen molar-refractivity contribution in [2.75, 3.05) is 5.32 Å². The van der Waals surface area contributed by atoms with E-state index in [1.165, 1.54) is 12.5 Å². The summed E-state index contributed by atoms with van der Waals surface area (Å²) in [5.41, 5.74) is -0.375. The molecule has 1 heterocycles. The van der Waals surface area contributed by atoms with E-state index in [1.807, 2.05) is 0 Å². The molecular formula is C11H8F2N4O2. The second kappa shape index (κ2) is 5.34. The Morgan fingerprint density at radius 1 is 1.32 bits per heavy atom. The van der Waals surface area contributed by atoms with Gasteiger partial charge in [0.05, 0.1) is 22.8 Å². The molecule has 0 atom stereocenters. The molecule has 1 N–H and O–H groups in total. The number of hydrogen-bond donors (Lipinski definition) is 1. The maximum absolute atomic E-state index is 13.4. The lowest BCUT2D eigenvalue weighted by Gasteiger charge is -2.07. The molecule has 0 saturated heterocycles. The second-order valence-electron chi connectivity index (χ2n) is 3.59. The zero-order valence-corrected chi connectivity index (χ0v) is 9.51. The van der Waals surface area contributed by atoms with Crippen LogP contribution in [0.4, 0.5) is 20.2 Å². The minimum absolute atomic E-state index is 0.141. The highest BCUT2D eigenvalue weighted by molar-refractivity contribution is 5.53. The number of halogens is 2. The highest BCUT2D eigenvalue weighted by Gasteiger charge is 2.18. The van der Waals surface area contributed by atoms with Crippen molar-refractivity contribution in [2.24, 2.45) is 0 Å². The Balaban J connectivity index is 2.21. The fourth-order valence-electron chi connectivity index (χ4n) is 1.42. The predicted octanol–water partition coefficient (Wildman–Crippen LogP) is 2.28. The number of nitrogens with zero attached hydrogens (tertiary/aromatic N) is 3. The van der Waals surface area contributed by atoms with Crippen molar-refractivity contribution in [3.05, 3.63) is 58.2 Å². The Hall–Kier alpha value is -2.64. The first-order chi connectivity index (χ1) is 9.08. The molecule has 0 unspecified atom stereocenters. The molecule has 0 aliphatic carbocycles. The minimum atomic E-state index is -1.21. The van der Waals surface area contributed by atoms with Gasteiger partial charge < -0.3 is 5.32 Å². The van der Waals surface area contributed by atoms with Gasteiger partial charge in [-0.1, -0.05) is 0 Å². The molecule has 2 rings (SSSR count). The summed E-state index contributed by atoms with van der Waals surface area (Å²) in [6.45, 7) is 0.141. The van der Waals surface area contributed by atoms with Crippen LogP contribution in [-0.4, -0.2) is 14.9 Å². The lowest BCUT2D eigenvalue weighted by molar-refractivity contribution is -0.387. The summed E-state index contributed by atoms with van der Waals surface area (Å²) in [6, 6.07) is 2.88. The van der Waals surface area contributed by atoms with Crippen molar-refractivity contribution >= 4 is 11.4 Å². The van der Waals surface area contributed by atoms with Crippen molar-refractivity contribution in [1.29, 1.82) is 0 Å². The van der Waals surface area contributed by atoms with Gasteiger partial charge in [-0.05, 0) is 6.07 Å². The number of hydrogen-bond acceptors (Lipinski definition) is 5. The third-order valence-corrected chi connectivity index (χ3v) is 2.34. The molecule has 98 valence electrons. The first kappa shape index (κ1) is 12.8. The van der Waals surface area contributed by atoms with Gasteiger partial charge in [-0.3, -0.25) is 10.1 Å². The molecule has 0 aliphatic rings. The molecular weight excluding hydrogens is 258 g/mol. The number of aromatic nitrogens is 2. The third-order valence-electron chi connectivity index (χ3n) is 2.34. The highest BCUT2D eigenvalue weighted by Crippen LogP contribution is 2.25. The molecule has 0 aliphatic heterocycles. The number of anilines is 1. The Morgan fingerprint density at radius 3 is 2.74 bits per heavy atom. The van der Waals surface area contributed by atoms with Crippen LogP contribution in [0.3, 0.4) is 0 Å². The van der Waals surface area contributed by atoms with Crippen LogP contribution in [0.15, 0.2) is 30.7 Å². The van der Waals surface area contributed by atoms with Crippen molar-refractivity contribution in [3.8, 4) is 0 Å². The molecule has 0 radical (unpaired) electrons. The molecule has 0 fully saturated rings. The fourth-order valence-corrected chi connectivity index (χ4v) is 1.42. The number of nitrogens with one attached hydrogen (secondary N) is 1. The third kappa shape index (κ3) is 2.97. The summed E-state index contributed by atoms with van der Waals surface area (Å²) < 4.78 is 26.6. The molecule has 19 heavy (non-hydrogen) atoms. The number of nitro groups is 1. The average molecular weight is 266 g/mol. The standard InChI is InChI=1S/C11H8F2N4O2/c12-8-3-9(13)11(17(18)19)4-10(8)15-5-7-1-2-14-6-16-7/h1-4,6,15H,5H2. The van der Waals surface area contributed by atoms with E-state index in [0.29, 0.717) is 11.8 Å². The van der Waals surface area contributed by atoms with Crippen molar-refractivity contribution < 1.29 is 13.7 Å². The quantitative estimate of drug-likeness (QED) is 0.678. The van der Waals surface area contributed by atoms with Crippen LogP contribution >= 0.6 is 0 Å². The SMILES string of the molecule is O=[N+]([O-])c1cc(NCc2ccncn2)c(F)cc1F. The van der Waals surface area contributed by atoms with Crippen LogP contribution in [0.2, 0.25) is 0 Å². The Morgan fingerprint density at radius 2 is 2.11 bits per heavy atom. The van der Waals surface area contributed by atoms with Gasteiger partial charge in [-0.25, -0.2) is 14.4 Å². The molecule has 1 aromatic carbocycles. The topological polar surface area (TPSA) is 81.0 Å². The Bertz CT molecular complexity index is 607. The summed E-state index contributed by atoms with van der Waals surface area (Å²) in [5, 5.41) is 13.2. The van der Waals surface area contributed by atoms with Gasteiger partial charge in [0.15, 0.2) is 0 Å². The maximum atomic E-state index is 13.4. The summed E-state index contributed by atoms with van der Waals surface area (Å²) in [5.74, 6) is -2.12. The summed E-state index contributed by atoms with van der Waals surface area (Å²) in [6.07, 6.45) is 2.83. The van der Waals surface area contributed by atoms with Gasteiger partial charge in [0, 0.05) is 18.3 Å². The first-order valence-corrected chi connectivity index (χ1v) is 5.20. The molecule has 0 spiro atoms. The van der Waals surface area contributed by atoms with E-state index < -0.39 is 22.2 Å². The average Bonchev–Trinajstić information content (AvgIpc) is 2.38. The van der Waals surface area contributed by atoms with E-state index in [9.17, 15) is 18.9 Å². The van der Waals surface area contributed by atoms with E-state index in [4.69, 9.17) is 0 Å². The first-order valence-electron chi connectivity index (χ1n) is 5.20. The number of benzene rings is 1. The fraction of sp³-hybridized carbons (Fsp3) is 0.0909. The zero-order chi connectivity index (χ0) is 13.8. The van der Waals surface area contributed by atoms with Gasteiger partial charge in [0.25, 0.3) is 0 Å². The van der Waals surface area contributed by atoms with Crippen molar-refractivity contribution in [3.63, 3.8) is 0 Å². The van der Waals surface area contributed by atoms with Crippen LogP contribution in [0.1, 0.15) is 5.69 Å². The molecule has 0 amide bonds. The largest absolute Gasteiger partial charge is 0.377 e. The summed E-state index contributed by atoms with van der Waals surface area (Å²) >= 11 is 0. The van der Waals surface area contributed by atoms with Crippen LogP contribution in [0.25, 0.3) is 0 Å². The summed E-state index contributed by atoms with van der Waals surface area (Å²) in [7, 11) is 0. The van der Waals surface area contributed by atoms with E-state index >= 15 is 0 Å². The van der Waals surface area contributed by atoms with E-state index in [-0.39, 0.29) is 12.2 Å². The Kier molecular flexibility index (Phi) is 3.60. The lowest BCUT2D eigenvalue weighted by Crippen LogP contribution is -2.05. The number of nitro benzene ring substituents is 1. The van der Waals surface area contributed by atoms with Crippen LogP contribution in [0, 0.1) is 21.7 Å². The summed E-state index contributed by atoms with van der Waals surface area (Å²) in [4.78, 5) is 17.3. The van der Waals surface area contributed by atoms with Crippen molar-refractivity contribution in [2.45, 2.75) is 6.54 Å². The predicted molar refractivity (Wildman–Crippen MR) is 62.4 cm³/mol. The van der Waals surface area contributed by atoms with Crippen LogP contribution in [0.5, 0.6) is 0 Å². The Labute approximate surface area is 106 Å². The molecule has 1 aromatic heterocycles. The molecule has 8 heteroatoms. The second-order valence-corrected chi connectivity index (χ2v) is 3.59. The van der Waals surface area contributed by atoms with Gasteiger partial charge in [-0.15, -0.1) is 0 Å². The minimum Gasteiger partial charge on any atom is -0.377 e. The van der Waals surface area contributed by atoms with Crippen LogP contribution in [-0.2, 0) is 6.54 Å². The highest BCUT2D eigenvalue weighted by atomic mass is 19.1. The normalized spacial score (nSPS) is 10.2. The lowest BCUT2D eigenvalue weighted by atomic mass is 10.2. The zero-order valence-electron chi connectivity index (χ0n) is 9.51. The van der Waals surface area contributed by atoms with Gasteiger partial charge in [-0.2, -0.15) is 4.39 Å². The van der Waals surface area contributed by atoms with E-state index in [0.717, 1.165) is 6.07 Å². The van der Waals surface area contributed by atoms with E-state index in [2.05, 4.69) is 15.3 Å². The van der Waals surface area contributed by atoms with E-state index in [1.54, 1.807) is 6.07 Å². The van der Waals surface area contributed by atoms with Gasteiger partial charge >= 0.3 is 5.69 Å². The number of rotatable bonds is 4. The molecule has 0 bridgehead atoms. The maximum Gasteiger partial charge on any atom is 0.307 e. The smallest absolute Gasteiger partial charge is 0.307 e. The molecule has 0 saturated carbocycles. The molecule has 6 nitrogen and oxygen atoms in total. The van der Waals surface area contributed by atoms with Crippen molar-refractivity contribution in [1.82, 2.24) is 9.97 Å². The monoisotopic (exact) mass is 266 g/mol. The van der Waals surface area contributed by atoms with Gasteiger partial charge in [0.2, 0.25) is 5.82 Å².